The first-order valence-corrected chi connectivity index (χ1v) is 5.49. The van der Waals surface area contributed by atoms with Gasteiger partial charge in [0.05, 0.1) is 11.3 Å². The Morgan fingerprint density at radius 2 is 1.75 bits per heavy atom. The van der Waals surface area contributed by atoms with E-state index in [1.807, 2.05) is 0 Å². The molecule has 0 saturated heterocycles. The molecule has 0 fully saturated rings. The van der Waals surface area contributed by atoms with Gasteiger partial charge in [-0.15, -0.1) is 0 Å². The lowest BCUT2D eigenvalue weighted by Gasteiger charge is -2.09. The molecule has 0 bridgehead atoms. The van der Waals surface area contributed by atoms with E-state index in [9.17, 15) is 18.0 Å². The smallest absolute Gasteiger partial charge is 0.257 e. The van der Waals surface area contributed by atoms with Crippen LogP contribution in [0, 0.1) is 17.5 Å². The van der Waals surface area contributed by atoms with Crippen molar-refractivity contribution >= 4 is 23.0 Å². The molecule has 4 nitrogen and oxygen atoms in total. The minimum atomic E-state index is -1.40. The van der Waals surface area contributed by atoms with E-state index in [0.717, 1.165) is 0 Å². The van der Waals surface area contributed by atoms with Crippen molar-refractivity contribution in [3.63, 3.8) is 0 Å². The number of nitrogens with two attached hydrogens (primary N) is 2. The molecule has 0 spiro atoms. The highest BCUT2D eigenvalue weighted by atomic mass is 19.2. The van der Waals surface area contributed by atoms with E-state index in [4.69, 9.17) is 11.5 Å². The zero-order valence-corrected chi connectivity index (χ0v) is 10.1. The quantitative estimate of drug-likeness (QED) is 0.584. The molecule has 1 amide bonds. The number of anilines is 3. The molecule has 5 N–H and O–H groups in total. The summed E-state index contributed by atoms with van der Waals surface area (Å²) in [7, 11) is 0. The summed E-state index contributed by atoms with van der Waals surface area (Å²) in [6, 6.07) is 5.14. The Balaban J connectivity index is 2.32. The Morgan fingerprint density at radius 3 is 2.40 bits per heavy atom. The summed E-state index contributed by atoms with van der Waals surface area (Å²) in [6.45, 7) is 0. The number of halogens is 3. The lowest BCUT2D eigenvalue weighted by atomic mass is 10.1. The Labute approximate surface area is 112 Å². The maximum absolute atomic E-state index is 13.4. The number of carbonyl (C=O) groups excluding carboxylic acids is 1. The van der Waals surface area contributed by atoms with Gasteiger partial charge < -0.3 is 16.8 Å². The van der Waals surface area contributed by atoms with Crippen molar-refractivity contribution < 1.29 is 18.0 Å². The summed E-state index contributed by atoms with van der Waals surface area (Å²) in [5.41, 5.74) is 10.9. The summed E-state index contributed by atoms with van der Waals surface area (Å²) >= 11 is 0. The van der Waals surface area contributed by atoms with Gasteiger partial charge in [0.1, 0.15) is 5.82 Å². The van der Waals surface area contributed by atoms with Crippen molar-refractivity contribution in [2.45, 2.75) is 0 Å². The highest BCUT2D eigenvalue weighted by Gasteiger charge is 2.16. The maximum atomic E-state index is 13.4. The van der Waals surface area contributed by atoms with Crippen molar-refractivity contribution in [3.05, 3.63) is 53.3 Å². The molecule has 2 aromatic carbocycles. The molecule has 0 aliphatic rings. The molecule has 0 atom stereocenters. The molecule has 0 aliphatic carbocycles. The van der Waals surface area contributed by atoms with Crippen LogP contribution < -0.4 is 16.8 Å². The lowest BCUT2D eigenvalue weighted by Crippen LogP contribution is -2.15. The van der Waals surface area contributed by atoms with Gasteiger partial charge in [-0.1, -0.05) is 0 Å². The van der Waals surface area contributed by atoms with Crippen molar-refractivity contribution in [2.75, 3.05) is 16.8 Å². The first kappa shape index (κ1) is 13.7. The van der Waals surface area contributed by atoms with Gasteiger partial charge in [0.25, 0.3) is 5.91 Å². The third-order valence-corrected chi connectivity index (χ3v) is 2.56. The second kappa shape index (κ2) is 5.12. The SMILES string of the molecule is Nc1ccc(C(=O)Nc2cc(F)cc(F)c2F)c(N)c1. The van der Waals surface area contributed by atoms with Gasteiger partial charge in [0, 0.05) is 23.5 Å². The third kappa shape index (κ3) is 2.66. The number of nitrogens with one attached hydrogen (secondary N) is 1. The van der Waals surface area contributed by atoms with E-state index in [1.54, 1.807) is 0 Å². The van der Waals surface area contributed by atoms with Crippen LogP contribution in [0.3, 0.4) is 0 Å². The molecule has 0 radical (unpaired) electrons. The fraction of sp³-hybridized carbons (Fsp3) is 0. The van der Waals surface area contributed by atoms with Crippen LogP contribution in [0.15, 0.2) is 30.3 Å². The molecule has 0 aromatic heterocycles. The Bertz CT molecular complexity index is 689. The van der Waals surface area contributed by atoms with Gasteiger partial charge in [-0.3, -0.25) is 4.79 Å². The summed E-state index contributed by atoms with van der Waals surface area (Å²) in [5.74, 6) is -4.56. The maximum Gasteiger partial charge on any atom is 0.257 e. The van der Waals surface area contributed by atoms with Gasteiger partial charge in [-0.2, -0.15) is 0 Å². The van der Waals surface area contributed by atoms with Crippen LogP contribution in [0.25, 0.3) is 0 Å². The predicted octanol–water partition coefficient (Wildman–Crippen LogP) is 2.52. The van der Waals surface area contributed by atoms with Crippen molar-refractivity contribution in [3.8, 4) is 0 Å². The van der Waals surface area contributed by atoms with Crippen LogP contribution in [-0.2, 0) is 0 Å². The molecular weight excluding hydrogens is 271 g/mol. The van der Waals surface area contributed by atoms with E-state index in [1.165, 1.54) is 18.2 Å². The summed E-state index contributed by atoms with van der Waals surface area (Å²) in [5, 5.41) is 2.05. The minimum absolute atomic E-state index is 0.0169. The normalized spacial score (nSPS) is 10.3. The van der Waals surface area contributed by atoms with Gasteiger partial charge in [0.15, 0.2) is 11.6 Å². The molecule has 7 heteroatoms. The second-order valence-corrected chi connectivity index (χ2v) is 4.05. The number of hydrogen-bond donors (Lipinski definition) is 3. The highest BCUT2D eigenvalue weighted by molar-refractivity contribution is 6.08. The first-order chi connectivity index (χ1) is 9.38. The van der Waals surface area contributed by atoms with Gasteiger partial charge in [0.2, 0.25) is 0 Å². The molecule has 0 saturated carbocycles. The number of benzene rings is 2. The molecule has 20 heavy (non-hydrogen) atoms. The van der Waals surface area contributed by atoms with Crippen molar-refractivity contribution in [1.82, 2.24) is 0 Å². The van der Waals surface area contributed by atoms with Crippen LogP contribution >= 0.6 is 0 Å². The summed E-state index contributed by atoms with van der Waals surface area (Å²) < 4.78 is 39.4. The predicted molar refractivity (Wildman–Crippen MR) is 69.5 cm³/mol. The molecule has 0 unspecified atom stereocenters. The second-order valence-electron chi connectivity index (χ2n) is 4.05. The summed E-state index contributed by atoms with van der Waals surface area (Å²) in [6.07, 6.45) is 0. The molecule has 2 aromatic rings. The van der Waals surface area contributed by atoms with Crippen LogP contribution in [0.4, 0.5) is 30.2 Å². The highest BCUT2D eigenvalue weighted by Crippen LogP contribution is 2.22. The third-order valence-electron chi connectivity index (χ3n) is 2.56. The van der Waals surface area contributed by atoms with Gasteiger partial charge in [-0.25, -0.2) is 13.2 Å². The number of nitrogen functional groups attached to an aromatic ring is 2. The zero-order valence-electron chi connectivity index (χ0n) is 10.1. The summed E-state index contributed by atoms with van der Waals surface area (Å²) in [4.78, 5) is 11.9. The molecule has 2 rings (SSSR count). The fourth-order valence-corrected chi connectivity index (χ4v) is 1.62. The van der Waals surface area contributed by atoms with E-state index < -0.39 is 29.0 Å². The Morgan fingerprint density at radius 1 is 1.05 bits per heavy atom. The largest absolute Gasteiger partial charge is 0.399 e. The van der Waals surface area contributed by atoms with Crippen LogP contribution in [0.2, 0.25) is 0 Å². The van der Waals surface area contributed by atoms with Crippen LogP contribution in [-0.4, -0.2) is 5.91 Å². The first-order valence-electron chi connectivity index (χ1n) is 5.49. The van der Waals surface area contributed by atoms with E-state index in [0.29, 0.717) is 17.8 Å². The number of amides is 1. The standard InChI is InChI=1S/C13H10F3N3O/c14-6-3-9(15)12(16)11(4-6)19-13(20)8-2-1-7(17)5-10(8)18/h1-5H,17-18H2,(H,19,20). The van der Waals surface area contributed by atoms with Gasteiger partial charge in [-0.05, 0) is 18.2 Å². The molecule has 104 valence electrons. The minimum Gasteiger partial charge on any atom is -0.399 e. The Kier molecular flexibility index (Phi) is 3.51. The number of hydrogen-bond acceptors (Lipinski definition) is 3. The van der Waals surface area contributed by atoms with E-state index >= 15 is 0 Å². The van der Waals surface area contributed by atoms with Crippen molar-refractivity contribution in [2.24, 2.45) is 0 Å². The number of carbonyl (C=O) groups is 1. The van der Waals surface area contributed by atoms with E-state index in [-0.39, 0.29) is 11.3 Å². The molecular formula is C13H10F3N3O. The average molecular weight is 281 g/mol. The lowest BCUT2D eigenvalue weighted by molar-refractivity contribution is 0.102. The van der Waals surface area contributed by atoms with Gasteiger partial charge >= 0.3 is 0 Å². The Hall–Kier alpha value is -2.70. The van der Waals surface area contributed by atoms with Crippen LogP contribution in [0.5, 0.6) is 0 Å². The van der Waals surface area contributed by atoms with Crippen LogP contribution in [0.1, 0.15) is 10.4 Å². The topological polar surface area (TPSA) is 81.1 Å². The number of rotatable bonds is 2. The monoisotopic (exact) mass is 281 g/mol. The zero-order chi connectivity index (χ0) is 14.9. The van der Waals surface area contributed by atoms with E-state index in [2.05, 4.69) is 5.32 Å². The molecule has 0 heterocycles. The van der Waals surface area contributed by atoms with Crippen molar-refractivity contribution in [1.29, 1.82) is 0 Å². The molecule has 0 aliphatic heterocycles. The fourth-order valence-electron chi connectivity index (χ4n) is 1.62. The average Bonchev–Trinajstić information content (AvgIpc) is 2.35.